The number of carbonyl (C=O) groups excluding carboxylic acids is 3. The third kappa shape index (κ3) is 10.3. The maximum Gasteiger partial charge on any atom is 0.309 e. The number of nitrogens with two attached hydrogens (primary N) is 1. The van der Waals surface area contributed by atoms with Gasteiger partial charge in [0, 0.05) is 24.3 Å². The summed E-state index contributed by atoms with van der Waals surface area (Å²) in [6.07, 6.45) is 1.94. The Balaban J connectivity index is 2.30. The van der Waals surface area contributed by atoms with Crippen LogP contribution in [-0.2, 0) is 30.2 Å². The van der Waals surface area contributed by atoms with Gasteiger partial charge in [-0.3, -0.25) is 18.9 Å². The number of nitrogens with one attached hydrogen (secondary N) is 1. The summed E-state index contributed by atoms with van der Waals surface area (Å²) < 4.78 is 17.9. The highest BCUT2D eigenvalue weighted by Gasteiger charge is 2.42. The first kappa shape index (κ1) is 36.2. The van der Waals surface area contributed by atoms with E-state index in [4.69, 9.17) is 10.5 Å². The third-order valence-electron chi connectivity index (χ3n) is 8.19. The predicted octanol–water partition coefficient (Wildman–Crippen LogP) is 4.65. The van der Waals surface area contributed by atoms with Crippen LogP contribution in [0, 0.1) is 23.2 Å². The summed E-state index contributed by atoms with van der Waals surface area (Å²) in [5.41, 5.74) is 6.30. The van der Waals surface area contributed by atoms with Gasteiger partial charge in [-0.1, -0.05) is 46.3 Å². The van der Waals surface area contributed by atoms with Crippen LogP contribution < -0.4 is 10.8 Å². The summed E-state index contributed by atoms with van der Waals surface area (Å²) in [6, 6.07) is 0. The molecular weight excluding hydrogens is 577 g/mol. The Morgan fingerprint density at radius 1 is 1.24 bits per heavy atom. The zero-order valence-electron chi connectivity index (χ0n) is 25.7. The maximum atomic E-state index is 13.2. The van der Waals surface area contributed by atoms with Gasteiger partial charge in [0.15, 0.2) is 5.78 Å². The van der Waals surface area contributed by atoms with E-state index in [0.29, 0.717) is 23.5 Å². The lowest BCUT2D eigenvalue weighted by molar-refractivity contribution is -0.153. The molecule has 42 heavy (non-hydrogen) atoms. The second-order valence-electron chi connectivity index (χ2n) is 12.1. The van der Waals surface area contributed by atoms with Crippen molar-refractivity contribution in [3.8, 4) is 0 Å². The largest absolute Gasteiger partial charge is 0.457 e. The molecule has 0 radical (unpaired) electrons. The first-order valence-electron chi connectivity index (χ1n) is 14.5. The fourth-order valence-corrected chi connectivity index (χ4v) is 6.66. The molecule has 1 aliphatic heterocycles. The van der Waals surface area contributed by atoms with Gasteiger partial charge in [0.1, 0.15) is 16.9 Å². The number of hydrogen-bond donors (Lipinski definition) is 4. The van der Waals surface area contributed by atoms with Crippen molar-refractivity contribution in [2.75, 3.05) is 12.7 Å². The van der Waals surface area contributed by atoms with Gasteiger partial charge in [0.05, 0.1) is 42.3 Å². The second kappa shape index (κ2) is 15.6. The molecule has 12 heteroatoms. The number of hydrogen-bond acceptors (Lipinski definition) is 9. The monoisotopic (exact) mass is 625 g/mol. The lowest BCUT2D eigenvalue weighted by Gasteiger charge is -2.32. The molecule has 0 saturated carbocycles. The third-order valence-corrected chi connectivity index (χ3v) is 10.6. The van der Waals surface area contributed by atoms with Crippen LogP contribution in [0.25, 0.3) is 6.08 Å². The fourth-order valence-electron chi connectivity index (χ4n) is 4.95. The highest BCUT2D eigenvalue weighted by Crippen LogP contribution is 2.35. The van der Waals surface area contributed by atoms with Crippen LogP contribution in [0.4, 0.5) is 0 Å². The zero-order chi connectivity index (χ0) is 31.8. The van der Waals surface area contributed by atoms with E-state index in [2.05, 4.69) is 23.6 Å². The minimum Gasteiger partial charge on any atom is -0.457 e. The van der Waals surface area contributed by atoms with Crippen LogP contribution in [0.1, 0.15) is 84.3 Å². The van der Waals surface area contributed by atoms with Gasteiger partial charge in [-0.15, -0.1) is 11.3 Å². The van der Waals surface area contributed by atoms with Crippen molar-refractivity contribution in [2.45, 2.75) is 92.4 Å². The number of aliphatic hydroxyl groups excluding tert-OH is 1. The average molecular weight is 626 g/mol. The molecule has 5 N–H and O–H groups in total. The smallest absolute Gasteiger partial charge is 0.309 e. The molecule has 236 valence electrons. The van der Waals surface area contributed by atoms with Gasteiger partial charge in [-0.05, 0) is 44.3 Å². The normalized spacial score (nSPS) is 28.8. The molecule has 0 bridgehead atoms. The molecule has 2 heterocycles. The molecule has 0 amide bonds. The van der Waals surface area contributed by atoms with E-state index in [9.17, 15) is 28.9 Å². The molecule has 0 aliphatic carbocycles. The molecule has 6 atom stereocenters. The van der Waals surface area contributed by atoms with Crippen molar-refractivity contribution < 1.29 is 33.7 Å². The molecule has 1 aromatic heterocycles. The number of ketones is 2. The maximum absolute atomic E-state index is 13.2. The SMILES string of the molecule is C=C1C[C@H](/C(C)=C/c2csc(CNP(=O)(O)CCN)n2)OC(=O)CC(O)C(C)(C)C(=O)C(C)C(=O)C(C)CCCC1C. The van der Waals surface area contributed by atoms with Gasteiger partial charge >= 0.3 is 5.97 Å². The number of carbonyl (C=O) groups is 3. The van der Waals surface area contributed by atoms with E-state index in [1.54, 1.807) is 26.8 Å². The van der Waals surface area contributed by atoms with E-state index in [-0.39, 0.29) is 36.9 Å². The number of nitrogens with zero attached hydrogens (tertiary/aromatic N) is 1. The molecule has 5 unspecified atom stereocenters. The van der Waals surface area contributed by atoms with Crippen LogP contribution in [0.5, 0.6) is 0 Å². The Bertz CT molecular complexity index is 1210. The van der Waals surface area contributed by atoms with Crippen LogP contribution in [0.3, 0.4) is 0 Å². The molecule has 0 spiro atoms. The Morgan fingerprint density at radius 2 is 1.88 bits per heavy atom. The molecule has 10 nitrogen and oxygen atoms in total. The number of ether oxygens (including phenoxy) is 1. The highest BCUT2D eigenvalue weighted by atomic mass is 32.1. The number of aromatic nitrogens is 1. The Kier molecular flexibility index (Phi) is 13.5. The van der Waals surface area contributed by atoms with Crippen molar-refractivity contribution >= 4 is 42.5 Å². The van der Waals surface area contributed by atoms with Crippen LogP contribution in [0.2, 0.25) is 0 Å². The van der Waals surface area contributed by atoms with Crippen molar-refractivity contribution in [1.29, 1.82) is 0 Å². The molecule has 1 saturated heterocycles. The fraction of sp³-hybridized carbons (Fsp3) is 0.667. The van der Waals surface area contributed by atoms with Crippen molar-refractivity contribution in [3.63, 3.8) is 0 Å². The van der Waals surface area contributed by atoms with E-state index in [0.717, 1.165) is 24.0 Å². The highest BCUT2D eigenvalue weighted by molar-refractivity contribution is 7.55. The number of rotatable bonds is 7. The molecule has 1 aliphatic rings. The standard InChI is InChI=1S/C30H48N3O7PS/c1-18-9-8-10-19(2)28(36)22(5)29(37)30(6,7)25(34)15-27(35)40-24(14-20(18)3)21(4)13-23-17-42-26(33-23)16-32-41(38,39)12-11-31/h13,17-19,22,24-25,34H,3,8-12,14-16,31H2,1-2,4-7H3,(H2,32,38,39)/b21-13+/t18?,19?,22?,24-,25?/m1/s1. The summed E-state index contributed by atoms with van der Waals surface area (Å²) in [4.78, 5) is 53.7. The summed E-state index contributed by atoms with van der Waals surface area (Å²) >= 11 is 1.33. The van der Waals surface area contributed by atoms with Gasteiger partial charge in [0.25, 0.3) is 7.52 Å². The Hall–Kier alpha value is -2.01. The molecule has 1 fully saturated rings. The lowest BCUT2D eigenvalue weighted by atomic mass is 9.73. The minimum absolute atomic E-state index is 0.0319. The predicted molar refractivity (Wildman–Crippen MR) is 166 cm³/mol. The summed E-state index contributed by atoms with van der Waals surface area (Å²) in [5, 5.41) is 16.0. The van der Waals surface area contributed by atoms with E-state index in [1.165, 1.54) is 11.3 Å². The molecular formula is C30H48N3O7PS. The quantitative estimate of drug-likeness (QED) is 0.145. The summed E-state index contributed by atoms with van der Waals surface area (Å²) in [7, 11) is -3.53. The van der Waals surface area contributed by atoms with Gasteiger partial charge < -0.3 is 20.5 Å². The first-order chi connectivity index (χ1) is 19.5. The Morgan fingerprint density at radius 3 is 2.52 bits per heavy atom. The summed E-state index contributed by atoms with van der Waals surface area (Å²) in [6.45, 7) is 14.9. The lowest BCUT2D eigenvalue weighted by Crippen LogP contribution is -2.44. The first-order valence-corrected chi connectivity index (χ1v) is 17.2. The zero-order valence-corrected chi connectivity index (χ0v) is 27.4. The van der Waals surface area contributed by atoms with E-state index in [1.807, 2.05) is 19.2 Å². The van der Waals surface area contributed by atoms with Gasteiger partial charge in [0.2, 0.25) is 0 Å². The van der Waals surface area contributed by atoms with E-state index < -0.39 is 49.2 Å². The molecule has 1 aromatic rings. The minimum atomic E-state index is -3.53. The van der Waals surface area contributed by atoms with Crippen molar-refractivity contribution in [1.82, 2.24) is 10.1 Å². The van der Waals surface area contributed by atoms with Crippen molar-refractivity contribution in [2.24, 2.45) is 28.9 Å². The molecule has 2 rings (SSSR count). The Labute approximate surface area is 253 Å². The number of esters is 1. The number of aliphatic hydroxyl groups is 1. The number of Topliss-reactive ketones (excluding diaryl/α,β-unsaturated/α-hetero) is 2. The summed E-state index contributed by atoms with van der Waals surface area (Å²) in [5.74, 6) is -2.28. The van der Waals surface area contributed by atoms with Gasteiger partial charge in [-0.2, -0.15) is 0 Å². The van der Waals surface area contributed by atoms with Crippen LogP contribution in [-0.4, -0.2) is 57.4 Å². The van der Waals surface area contributed by atoms with Gasteiger partial charge in [-0.25, -0.2) is 10.1 Å². The topological polar surface area (TPSA) is 169 Å². The van der Waals surface area contributed by atoms with Crippen molar-refractivity contribution in [3.05, 3.63) is 33.8 Å². The van der Waals surface area contributed by atoms with E-state index >= 15 is 0 Å². The number of thiazole rings is 1. The van der Waals surface area contributed by atoms with Crippen LogP contribution >= 0.6 is 18.9 Å². The van der Waals surface area contributed by atoms with Crippen LogP contribution in [0.15, 0.2) is 23.1 Å². The number of cyclic esters (lactones) is 1. The second-order valence-corrected chi connectivity index (χ2v) is 15.2. The average Bonchev–Trinajstić information content (AvgIpc) is 3.36. The molecule has 0 aromatic carbocycles.